The monoisotopic (exact) mass is 358 g/mol. The van der Waals surface area contributed by atoms with Crippen molar-refractivity contribution in [1.29, 1.82) is 0 Å². The highest BCUT2D eigenvalue weighted by atomic mass is 79.9. The average molecular weight is 359 g/mol. The Morgan fingerprint density at radius 2 is 2.05 bits per heavy atom. The maximum atomic E-state index is 11.8. The van der Waals surface area contributed by atoms with Gasteiger partial charge in [-0.2, -0.15) is 0 Å². The number of ether oxygens (including phenoxy) is 1. The van der Waals surface area contributed by atoms with Gasteiger partial charge in [-0.1, -0.05) is 15.9 Å². The van der Waals surface area contributed by atoms with Gasteiger partial charge in [0.2, 0.25) is 0 Å². The molecule has 21 heavy (non-hydrogen) atoms. The first-order valence-corrected chi connectivity index (χ1v) is 7.26. The highest BCUT2D eigenvalue weighted by Crippen LogP contribution is 2.21. The van der Waals surface area contributed by atoms with Crippen LogP contribution in [0.1, 0.15) is 31.1 Å². The van der Waals surface area contributed by atoms with Crippen LogP contribution in [0.3, 0.4) is 0 Å². The smallest absolute Gasteiger partial charge is 0.337 e. The Balaban J connectivity index is 2.69. The van der Waals surface area contributed by atoms with Crippen molar-refractivity contribution in [3.63, 3.8) is 0 Å². The summed E-state index contributed by atoms with van der Waals surface area (Å²) in [5.41, 5.74) is -0.234. The van der Waals surface area contributed by atoms with Gasteiger partial charge in [0, 0.05) is 17.6 Å². The zero-order valence-electron chi connectivity index (χ0n) is 12.2. The molecular weight excluding hydrogens is 340 g/mol. The maximum absolute atomic E-state index is 11.8. The van der Waals surface area contributed by atoms with Gasteiger partial charge in [0.1, 0.15) is 0 Å². The molecule has 0 radical (unpaired) electrons. The van der Waals surface area contributed by atoms with Gasteiger partial charge in [-0.3, -0.25) is 0 Å². The Bertz CT molecular complexity index is 532. The van der Waals surface area contributed by atoms with Crippen molar-refractivity contribution in [2.45, 2.75) is 26.4 Å². The third kappa shape index (κ3) is 5.73. The minimum atomic E-state index is -1.11. The van der Waals surface area contributed by atoms with Crippen LogP contribution in [0, 0.1) is 0 Å². The first-order chi connectivity index (χ1) is 9.75. The summed E-state index contributed by atoms with van der Waals surface area (Å²) in [5, 5.41) is 14.3. The Morgan fingerprint density at radius 3 is 2.62 bits per heavy atom. The number of carbonyl (C=O) groups excluding carboxylic acids is 1. The summed E-state index contributed by atoms with van der Waals surface area (Å²) in [5.74, 6) is -1.11. The van der Waals surface area contributed by atoms with Crippen molar-refractivity contribution in [1.82, 2.24) is 5.32 Å². The summed E-state index contributed by atoms with van der Waals surface area (Å²) in [7, 11) is 0. The Morgan fingerprint density at radius 1 is 1.38 bits per heavy atom. The lowest BCUT2D eigenvalue weighted by atomic mass is 10.1. The van der Waals surface area contributed by atoms with E-state index in [2.05, 4.69) is 26.6 Å². The lowest BCUT2D eigenvalue weighted by Crippen LogP contribution is -2.42. The molecule has 2 amide bonds. The first-order valence-electron chi connectivity index (χ1n) is 6.47. The molecule has 6 nitrogen and oxygen atoms in total. The second-order valence-corrected chi connectivity index (χ2v) is 5.91. The third-order valence-electron chi connectivity index (χ3n) is 2.67. The molecule has 0 bridgehead atoms. The molecule has 0 aromatic heterocycles. The van der Waals surface area contributed by atoms with Gasteiger partial charge < -0.3 is 20.5 Å². The van der Waals surface area contributed by atoms with E-state index in [0.29, 0.717) is 17.6 Å². The molecule has 116 valence electrons. The van der Waals surface area contributed by atoms with Crippen LogP contribution in [0.5, 0.6) is 0 Å². The van der Waals surface area contributed by atoms with Crippen molar-refractivity contribution in [3.05, 3.63) is 28.2 Å². The van der Waals surface area contributed by atoms with Crippen LogP contribution in [0.4, 0.5) is 10.5 Å². The van der Waals surface area contributed by atoms with Crippen molar-refractivity contribution in [2.75, 3.05) is 18.5 Å². The molecule has 0 unspecified atom stereocenters. The molecule has 0 saturated heterocycles. The van der Waals surface area contributed by atoms with Crippen LogP contribution in [-0.2, 0) is 4.74 Å². The van der Waals surface area contributed by atoms with Crippen LogP contribution >= 0.6 is 15.9 Å². The lowest BCUT2D eigenvalue weighted by molar-refractivity contribution is -0.00663. The lowest BCUT2D eigenvalue weighted by Gasteiger charge is -2.25. The number of anilines is 1. The molecule has 0 saturated carbocycles. The summed E-state index contributed by atoms with van der Waals surface area (Å²) in [6.07, 6.45) is 0. The van der Waals surface area contributed by atoms with Crippen molar-refractivity contribution in [2.24, 2.45) is 0 Å². The van der Waals surface area contributed by atoms with Gasteiger partial charge in [0.05, 0.1) is 16.9 Å². The number of benzene rings is 1. The van der Waals surface area contributed by atoms with Crippen LogP contribution in [0.25, 0.3) is 0 Å². The summed E-state index contributed by atoms with van der Waals surface area (Å²) in [6.45, 7) is 6.46. The molecule has 0 spiro atoms. The minimum Gasteiger partial charge on any atom is -0.478 e. The normalized spacial score (nSPS) is 11.0. The molecule has 0 heterocycles. The van der Waals surface area contributed by atoms with Gasteiger partial charge in [0.25, 0.3) is 0 Å². The summed E-state index contributed by atoms with van der Waals surface area (Å²) < 4.78 is 6.09. The van der Waals surface area contributed by atoms with E-state index in [0.717, 1.165) is 0 Å². The van der Waals surface area contributed by atoms with E-state index >= 15 is 0 Å². The molecule has 1 rings (SSSR count). The molecule has 0 aliphatic carbocycles. The van der Waals surface area contributed by atoms with Gasteiger partial charge in [-0.25, -0.2) is 9.59 Å². The first kappa shape index (κ1) is 17.5. The SMILES string of the molecule is CCOC(C)(C)CNC(=O)Nc1ccc(Br)cc1C(=O)O. The second kappa shape index (κ2) is 7.42. The number of aromatic carboxylic acids is 1. The van der Waals surface area contributed by atoms with E-state index in [-0.39, 0.29) is 11.3 Å². The van der Waals surface area contributed by atoms with E-state index in [4.69, 9.17) is 9.84 Å². The quantitative estimate of drug-likeness (QED) is 0.728. The number of halogens is 1. The number of nitrogens with one attached hydrogen (secondary N) is 2. The fourth-order valence-electron chi connectivity index (χ4n) is 1.70. The number of carboxylic acids is 1. The largest absolute Gasteiger partial charge is 0.478 e. The van der Waals surface area contributed by atoms with Gasteiger partial charge in [-0.05, 0) is 39.0 Å². The van der Waals surface area contributed by atoms with Crippen molar-refractivity contribution in [3.8, 4) is 0 Å². The maximum Gasteiger partial charge on any atom is 0.337 e. The number of urea groups is 1. The molecule has 7 heteroatoms. The summed E-state index contributed by atoms with van der Waals surface area (Å²) in [4.78, 5) is 23.0. The molecule has 0 aliphatic heterocycles. The standard InChI is InChI=1S/C14H19BrN2O4/c1-4-21-14(2,3)8-16-13(20)17-11-6-5-9(15)7-10(11)12(18)19/h5-7H,4,8H2,1-3H3,(H,18,19)(H2,16,17,20). The zero-order chi connectivity index (χ0) is 16.0. The summed E-state index contributed by atoms with van der Waals surface area (Å²) in [6, 6.07) is 4.14. The number of amides is 2. The van der Waals surface area contributed by atoms with Gasteiger partial charge in [0.15, 0.2) is 0 Å². The molecular formula is C14H19BrN2O4. The molecule has 0 fully saturated rings. The number of hydrogen-bond acceptors (Lipinski definition) is 3. The highest BCUT2D eigenvalue weighted by Gasteiger charge is 2.19. The highest BCUT2D eigenvalue weighted by molar-refractivity contribution is 9.10. The minimum absolute atomic E-state index is 0.0172. The van der Waals surface area contributed by atoms with Crippen LogP contribution in [0.15, 0.2) is 22.7 Å². The average Bonchev–Trinajstić information content (AvgIpc) is 2.38. The Labute approximate surface area is 132 Å². The van der Waals surface area contributed by atoms with E-state index < -0.39 is 17.6 Å². The number of carbonyl (C=O) groups is 2. The van der Waals surface area contributed by atoms with Crippen LogP contribution in [-0.4, -0.2) is 35.9 Å². The zero-order valence-corrected chi connectivity index (χ0v) is 13.8. The van der Waals surface area contributed by atoms with E-state index in [1.54, 1.807) is 6.07 Å². The van der Waals surface area contributed by atoms with Crippen molar-refractivity contribution >= 4 is 33.6 Å². The molecule has 1 aromatic rings. The molecule has 0 atom stereocenters. The van der Waals surface area contributed by atoms with Crippen LogP contribution in [0.2, 0.25) is 0 Å². The van der Waals surface area contributed by atoms with Gasteiger partial charge >= 0.3 is 12.0 Å². The topological polar surface area (TPSA) is 87.7 Å². The number of carboxylic acid groups (broad SMARTS) is 1. The van der Waals surface area contributed by atoms with E-state index in [9.17, 15) is 9.59 Å². The van der Waals surface area contributed by atoms with Crippen molar-refractivity contribution < 1.29 is 19.4 Å². The third-order valence-corrected chi connectivity index (χ3v) is 3.16. The predicted molar refractivity (Wildman–Crippen MR) is 83.8 cm³/mol. The van der Waals surface area contributed by atoms with Crippen LogP contribution < -0.4 is 10.6 Å². The molecule has 0 aliphatic rings. The number of hydrogen-bond donors (Lipinski definition) is 3. The second-order valence-electron chi connectivity index (χ2n) is 5.00. The van der Waals surface area contributed by atoms with E-state index in [1.807, 2.05) is 20.8 Å². The van der Waals surface area contributed by atoms with E-state index in [1.165, 1.54) is 12.1 Å². The predicted octanol–water partition coefficient (Wildman–Crippen LogP) is 3.08. The van der Waals surface area contributed by atoms with Gasteiger partial charge in [-0.15, -0.1) is 0 Å². The fourth-order valence-corrected chi connectivity index (χ4v) is 2.06. The fraction of sp³-hybridized carbons (Fsp3) is 0.429. The molecule has 1 aromatic carbocycles. The summed E-state index contributed by atoms with van der Waals surface area (Å²) >= 11 is 3.20. The number of rotatable bonds is 6. The Kier molecular flexibility index (Phi) is 6.17. The molecule has 3 N–H and O–H groups in total. The Hall–Kier alpha value is -1.60.